The highest BCUT2D eigenvalue weighted by atomic mass is 35.5. The third-order valence-electron chi connectivity index (χ3n) is 4.16. The molecule has 1 aliphatic heterocycles. The fourth-order valence-electron chi connectivity index (χ4n) is 2.77. The highest BCUT2D eigenvalue weighted by molar-refractivity contribution is 6.30. The molecular formula is C16H24Cl2N2O. The second-order valence-corrected chi connectivity index (χ2v) is 6.27. The van der Waals surface area contributed by atoms with E-state index in [1.165, 1.54) is 18.4 Å². The van der Waals surface area contributed by atoms with Gasteiger partial charge < -0.3 is 10.1 Å². The first kappa shape index (κ1) is 17.0. The minimum absolute atomic E-state index is 0. The topological polar surface area (TPSA) is 24.5 Å². The van der Waals surface area contributed by atoms with E-state index in [0.717, 1.165) is 50.3 Å². The van der Waals surface area contributed by atoms with Crippen LogP contribution in [-0.2, 0) is 4.74 Å². The van der Waals surface area contributed by atoms with Crippen molar-refractivity contribution in [3.05, 3.63) is 34.9 Å². The highest BCUT2D eigenvalue weighted by Gasteiger charge is 2.24. The minimum atomic E-state index is 0. The van der Waals surface area contributed by atoms with Crippen molar-refractivity contribution in [2.45, 2.75) is 18.9 Å². The molecule has 1 heterocycles. The van der Waals surface area contributed by atoms with Gasteiger partial charge in [0.2, 0.25) is 0 Å². The van der Waals surface area contributed by atoms with E-state index in [-0.39, 0.29) is 12.4 Å². The molecule has 1 aromatic rings. The number of piperazine rings is 1. The van der Waals surface area contributed by atoms with Crippen molar-refractivity contribution >= 4 is 24.0 Å². The van der Waals surface area contributed by atoms with E-state index in [0.29, 0.717) is 6.04 Å². The van der Waals surface area contributed by atoms with Crippen LogP contribution >= 0.6 is 24.0 Å². The molecule has 118 valence electrons. The molecule has 1 atom stereocenters. The smallest absolute Gasteiger partial charge is 0.0593 e. The quantitative estimate of drug-likeness (QED) is 0.811. The monoisotopic (exact) mass is 330 g/mol. The summed E-state index contributed by atoms with van der Waals surface area (Å²) >= 11 is 6.12. The van der Waals surface area contributed by atoms with Gasteiger partial charge in [0.05, 0.1) is 6.61 Å². The van der Waals surface area contributed by atoms with Crippen LogP contribution in [0.15, 0.2) is 24.3 Å². The molecule has 21 heavy (non-hydrogen) atoms. The Labute approximate surface area is 138 Å². The van der Waals surface area contributed by atoms with Crippen LogP contribution in [0.2, 0.25) is 5.02 Å². The number of halogens is 2. The van der Waals surface area contributed by atoms with Gasteiger partial charge in [0.1, 0.15) is 0 Å². The molecule has 0 amide bonds. The molecule has 3 nitrogen and oxygen atoms in total. The predicted octanol–water partition coefficient (Wildman–Crippen LogP) is 3.13. The molecule has 1 N–H and O–H groups in total. The van der Waals surface area contributed by atoms with Gasteiger partial charge in [0, 0.05) is 43.9 Å². The lowest BCUT2D eigenvalue weighted by Crippen LogP contribution is -2.47. The van der Waals surface area contributed by atoms with Crippen LogP contribution < -0.4 is 5.32 Å². The molecule has 0 radical (unpaired) electrons. The van der Waals surface area contributed by atoms with E-state index in [9.17, 15) is 0 Å². The van der Waals surface area contributed by atoms with Crippen molar-refractivity contribution in [3.8, 4) is 0 Å². The van der Waals surface area contributed by atoms with Crippen molar-refractivity contribution in [2.75, 3.05) is 39.4 Å². The number of ether oxygens (including phenoxy) is 1. The van der Waals surface area contributed by atoms with Crippen LogP contribution in [0, 0.1) is 5.92 Å². The van der Waals surface area contributed by atoms with E-state index in [2.05, 4.69) is 22.3 Å². The first-order valence-corrected chi connectivity index (χ1v) is 7.99. The molecule has 2 aliphatic rings. The molecular weight excluding hydrogens is 307 g/mol. The van der Waals surface area contributed by atoms with Crippen LogP contribution in [0.1, 0.15) is 24.4 Å². The summed E-state index contributed by atoms with van der Waals surface area (Å²) < 4.78 is 5.78. The predicted molar refractivity (Wildman–Crippen MR) is 89.4 cm³/mol. The Balaban J connectivity index is 0.00000161. The van der Waals surface area contributed by atoms with Gasteiger partial charge in [-0.2, -0.15) is 0 Å². The molecule has 0 spiro atoms. The normalized spacial score (nSPS) is 22.8. The largest absolute Gasteiger partial charge is 0.380 e. The number of hydrogen-bond acceptors (Lipinski definition) is 3. The maximum absolute atomic E-state index is 6.12. The van der Waals surface area contributed by atoms with Crippen LogP contribution in [0.25, 0.3) is 0 Å². The summed E-state index contributed by atoms with van der Waals surface area (Å²) in [5.74, 6) is 0.849. The van der Waals surface area contributed by atoms with Crippen molar-refractivity contribution in [1.29, 1.82) is 0 Å². The summed E-state index contributed by atoms with van der Waals surface area (Å²) in [6.07, 6.45) is 2.72. The lowest BCUT2D eigenvalue weighted by Gasteiger charge is -2.36. The molecule has 1 saturated heterocycles. The fourth-order valence-corrected chi connectivity index (χ4v) is 2.97. The summed E-state index contributed by atoms with van der Waals surface area (Å²) in [7, 11) is 0. The summed E-state index contributed by atoms with van der Waals surface area (Å²) in [5, 5.41) is 4.29. The van der Waals surface area contributed by atoms with Crippen LogP contribution in [-0.4, -0.2) is 44.3 Å². The van der Waals surface area contributed by atoms with Gasteiger partial charge in [0.15, 0.2) is 0 Å². The summed E-state index contributed by atoms with van der Waals surface area (Å²) in [6, 6.07) is 8.63. The third kappa shape index (κ3) is 5.11. The molecule has 0 aromatic heterocycles. The minimum Gasteiger partial charge on any atom is -0.380 e. The summed E-state index contributed by atoms with van der Waals surface area (Å²) in [6.45, 7) is 5.92. The van der Waals surface area contributed by atoms with Crippen molar-refractivity contribution < 1.29 is 4.74 Å². The van der Waals surface area contributed by atoms with Crippen LogP contribution in [0.3, 0.4) is 0 Å². The van der Waals surface area contributed by atoms with Gasteiger partial charge in [-0.15, -0.1) is 12.4 Å². The molecule has 1 saturated carbocycles. The summed E-state index contributed by atoms with van der Waals surface area (Å²) in [4.78, 5) is 2.51. The lowest BCUT2D eigenvalue weighted by atomic mass is 10.0. The zero-order valence-electron chi connectivity index (χ0n) is 12.3. The molecule has 1 aromatic carbocycles. The first-order valence-electron chi connectivity index (χ1n) is 7.61. The first-order chi connectivity index (χ1) is 9.83. The number of rotatable bonds is 6. The van der Waals surface area contributed by atoms with Crippen molar-refractivity contribution in [2.24, 2.45) is 5.92 Å². The van der Waals surface area contributed by atoms with E-state index in [1.54, 1.807) is 0 Å². The van der Waals surface area contributed by atoms with E-state index in [1.807, 2.05) is 12.1 Å². The Morgan fingerprint density at radius 2 is 2.19 bits per heavy atom. The third-order valence-corrected chi connectivity index (χ3v) is 4.40. The average Bonchev–Trinajstić information content (AvgIpc) is 3.28. The molecule has 3 rings (SSSR count). The van der Waals surface area contributed by atoms with Gasteiger partial charge in [-0.05, 0) is 36.5 Å². The second-order valence-electron chi connectivity index (χ2n) is 5.83. The molecule has 2 fully saturated rings. The zero-order chi connectivity index (χ0) is 13.8. The number of nitrogens with one attached hydrogen (secondary N) is 1. The number of hydrogen-bond donors (Lipinski definition) is 1. The number of nitrogens with zero attached hydrogens (tertiary/aromatic N) is 1. The standard InChI is InChI=1S/C16H23ClN2O.ClH/c17-15-3-1-2-14(10-15)16-11-18-6-7-19(16)8-9-20-12-13-4-5-13;/h1-3,10,13,16,18H,4-9,11-12H2;1H. The molecule has 1 aliphatic carbocycles. The fraction of sp³-hybridized carbons (Fsp3) is 0.625. The van der Waals surface area contributed by atoms with Gasteiger partial charge in [-0.1, -0.05) is 23.7 Å². The SMILES string of the molecule is Cl.Clc1cccc(C2CNCCN2CCOCC2CC2)c1. The van der Waals surface area contributed by atoms with Gasteiger partial charge >= 0.3 is 0 Å². The maximum Gasteiger partial charge on any atom is 0.0593 e. The van der Waals surface area contributed by atoms with Gasteiger partial charge in [0.25, 0.3) is 0 Å². The molecule has 1 unspecified atom stereocenters. The van der Waals surface area contributed by atoms with E-state index >= 15 is 0 Å². The maximum atomic E-state index is 6.12. The lowest BCUT2D eigenvalue weighted by molar-refractivity contribution is 0.0716. The highest BCUT2D eigenvalue weighted by Crippen LogP contribution is 2.29. The van der Waals surface area contributed by atoms with Crippen molar-refractivity contribution in [1.82, 2.24) is 10.2 Å². The van der Waals surface area contributed by atoms with E-state index in [4.69, 9.17) is 16.3 Å². The van der Waals surface area contributed by atoms with Gasteiger partial charge in [-0.3, -0.25) is 4.90 Å². The second kappa shape index (κ2) is 8.35. The number of benzene rings is 1. The molecule has 0 bridgehead atoms. The van der Waals surface area contributed by atoms with Crippen LogP contribution in [0.5, 0.6) is 0 Å². The Morgan fingerprint density at radius 1 is 1.33 bits per heavy atom. The Bertz CT molecular complexity index is 440. The average molecular weight is 331 g/mol. The Hall–Kier alpha value is -0.320. The molecule has 5 heteroatoms. The Morgan fingerprint density at radius 3 is 2.95 bits per heavy atom. The van der Waals surface area contributed by atoms with Crippen LogP contribution in [0.4, 0.5) is 0 Å². The van der Waals surface area contributed by atoms with Gasteiger partial charge in [-0.25, -0.2) is 0 Å². The van der Waals surface area contributed by atoms with E-state index < -0.39 is 0 Å². The van der Waals surface area contributed by atoms with Crippen molar-refractivity contribution in [3.63, 3.8) is 0 Å². The zero-order valence-corrected chi connectivity index (χ0v) is 13.8. The summed E-state index contributed by atoms with van der Waals surface area (Å²) in [5.41, 5.74) is 1.30. The Kier molecular flexibility index (Phi) is 6.77.